The van der Waals surface area contributed by atoms with E-state index in [1.165, 1.54) is 11.3 Å². The zero-order valence-corrected chi connectivity index (χ0v) is 14.7. The predicted octanol–water partition coefficient (Wildman–Crippen LogP) is 1.80. The fourth-order valence-electron chi connectivity index (χ4n) is 1.76. The summed E-state index contributed by atoms with van der Waals surface area (Å²) in [6.07, 6.45) is 0.00384. The Kier molecular flexibility index (Phi) is 7.05. The Hall–Kier alpha value is -2.78. The van der Waals surface area contributed by atoms with E-state index in [1.807, 2.05) is 6.07 Å². The summed E-state index contributed by atoms with van der Waals surface area (Å²) in [7, 11) is 0. The number of thiophene rings is 1. The molecule has 1 aromatic heterocycles. The summed E-state index contributed by atoms with van der Waals surface area (Å²) in [5.74, 6) is -1.05. The van der Waals surface area contributed by atoms with Crippen LogP contribution in [-0.2, 0) is 9.59 Å². The van der Waals surface area contributed by atoms with Crippen molar-refractivity contribution >= 4 is 52.1 Å². The van der Waals surface area contributed by atoms with Gasteiger partial charge in [-0.15, -0.1) is 11.3 Å². The highest BCUT2D eigenvalue weighted by atomic mass is 32.1. The number of benzene rings is 1. The number of hydrogen-bond donors (Lipinski definition) is 4. The summed E-state index contributed by atoms with van der Waals surface area (Å²) in [5.41, 5.74) is 5.42. The van der Waals surface area contributed by atoms with Crippen LogP contribution in [0.3, 0.4) is 0 Å². The highest BCUT2D eigenvalue weighted by molar-refractivity contribution is 7.80. The lowest BCUT2D eigenvalue weighted by Gasteiger charge is -2.10. The van der Waals surface area contributed by atoms with Gasteiger partial charge in [0.2, 0.25) is 11.8 Å². The van der Waals surface area contributed by atoms with Gasteiger partial charge in [-0.25, -0.2) is 0 Å². The van der Waals surface area contributed by atoms with Gasteiger partial charge in [-0.1, -0.05) is 24.3 Å². The van der Waals surface area contributed by atoms with Crippen LogP contribution in [0, 0.1) is 0 Å². The van der Waals surface area contributed by atoms with Gasteiger partial charge in [0.15, 0.2) is 5.11 Å². The van der Waals surface area contributed by atoms with Crippen molar-refractivity contribution in [3.05, 3.63) is 52.7 Å². The zero-order chi connectivity index (χ0) is 18.1. The molecule has 9 heteroatoms. The smallest absolute Gasteiger partial charge is 0.267 e. The van der Waals surface area contributed by atoms with Gasteiger partial charge >= 0.3 is 0 Å². The number of carbonyl (C=O) groups excluding carboxylic acids is 3. The van der Waals surface area contributed by atoms with Gasteiger partial charge < -0.3 is 5.32 Å². The van der Waals surface area contributed by atoms with Crippen molar-refractivity contribution < 1.29 is 14.4 Å². The number of hydrazine groups is 1. The zero-order valence-electron chi connectivity index (χ0n) is 13.1. The fraction of sp³-hybridized carbons (Fsp3) is 0.125. The normalized spacial score (nSPS) is 9.76. The molecule has 0 aliphatic carbocycles. The standard InChI is InChI=1S/C16H16N4O3S2/c21-13(17-11-5-2-1-3-6-11)8-9-14(22)19-20-16(24)18-15(23)12-7-4-10-25-12/h1-7,10H,8-9H2,(H,17,21)(H,19,22)(H2,18,20,23,24). The molecule has 0 bridgehead atoms. The molecule has 1 aromatic carbocycles. The molecule has 4 N–H and O–H groups in total. The topological polar surface area (TPSA) is 99.3 Å². The average molecular weight is 376 g/mol. The van der Waals surface area contributed by atoms with Crippen molar-refractivity contribution in [2.75, 3.05) is 5.32 Å². The first-order valence-electron chi connectivity index (χ1n) is 7.33. The van der Waals surface area contributed by atoms with Crippen LogP contribution in [0.15, 0.2) is 47.8 Å². The Balaban J connectivity index is 1.64. The van der Waals surface area contributed by atoms with Gasteiger partial charge in [-0.05, 0) is 35.8 Å². The molecule has 7 nitrogen and oxygen atoms in total. The summed E-state index contributed by atoms with van der Waals surface area (Å²) in [6.45, 7) is 0. The summed E-state index contributed by atoms with van der Waals surface area (Å²) in [6, 6.07) is 12.4. The Bertz CT molecular complexity index is 748. The third kappa shape index (κ3) is 6.69. The van der Waals surface area contributed by atoms with Crippen LogP contribution in [0.1, 0.15) is 22.5 Å². The quantitative estimate of drug-likeness (QED) is 0.471. The van der Waals surface area contributed by atoms with Crippen LogP contribution in [0.4, 0.5) is 5.69 Å². The average Bonchev–Trinajstić information content (AvgIpc) is 3.14. The first-order valence-corrected chi connectivity index (χ1v) is 8.62. The summed E-state index contributed by atoms with van der Waals surface area (Å²) >= 11 is 6.19. The molecular weight excluding hydrogens is 360 g/mol. The number of amides is 3. The molecule has 0 atom stereocenters. The monoisotopic (exact) mass is 376 g/mol. The van der Waals surface area contributed by atoms with Crippen LogP contribution in [0.5, 0.6) is 0 Å². The lowest BCUT2D eigenvalue weighted by Crippen LogP contribution is -2.48. The van der Waals surface area contributed by atoms with Gasteiger partial charge in [-0.2, -0.15) is 0 Å². The summed E-state index contributed by atoms with van der Waals surface area (Å²) in [5, 5.41) is 6.86. The number of hydrogen-bond acceptors (Lipinski definition) is 5. The first-order chi connectivity index (χ1) is 12.0. The van der Waals surface area contributed by atoms with Crippen molar-refractivity contribution in [1.82, 2.24) is 16.2 Å². The van der Waals surface area contributed by atoms with Crippen molar-refractivity contribution in [2.45, 2.75) is 12.8 Å². The van der Waals surface area contributed by atoms with E-state index in [1.54, 1.807) is 41.8 Å². The molecule has 0 radical (unpaired) electrons. The van der Waals surface area contributed by atoms with E-state index in [0.29, 0.717) is 10.6 Å². The number of para-hydroxylation sites is 1. The molecule has 0 fully saturated rings. The Morgan fingerprint density at radius 3 is 2.32 bits per heavy atom. The molecule has 0 spiro atoms. The van der Waals surface area contributed by atoms with Crippen molar-refractivity contribution in [3.63, 3.8) is 0 Å². The maximum Gasteiger partial charge on any atom is 0.267 e. The molecule has 1 heterocycles. The first kappa shape index (κ1) is 18.6. The predicted molar refractivity (Wildman–Crippen MR) is 100.0 cm³/mol. The highest BCUT2D eigenvalue weighted by Gasteiger charge is 2.10. The van der Waals surface area contributed by atoms with Crippen LogP contribution >= 0.6 is 23.6 Å². The molecule has 25 heavy (non-hydrogen) atoms. The number of anilines is 1. The maximum atomic E-state index is 11.8. The second kappa shape index (κ2) is 9.50. The number of carbonyl (C=O) groups is 3. The van der Waals surface area contributed by atoms with E-state index >= 15 is 0 Å². The highest BCUT2D eigenvalue weighted by Crippen LogP contribution is 2.07. The van der Waals surface area contributed by atoms with Gasteiger partial charge in [0.25, 0.3) is 5.91 Å². The van der Waals surface area contributed by atoms with Gasteiger partial charge in [0.05, 0.1) is 4.88 Å². The molecule has 0 aliphatic heterocycles. The van der Waals surface area contributed by atoms with Gasteiger partial charge in [0.1, 0.15) is 0 Å². The molecule has 2 aromatic rings. The minimum atomic E-state index is -0.420. The summed E-state index contributed by atoms with van der Waals surface area (Å²) < 4.78 is 0. The van der Waals surface area contributed by atoms with E-state index in [0.717, 1.165) is 0 Å². The van der Waals surface area contributed by atoms with Gasteiger partial charge in [0, 0.05) is 18.5 Å². The van der Waals surface area contributed by atoms with Crippen molar-refractivity contribution in [2.24, 2.45) is 0 Å². The number of rotatable bonds is 5. The SMILES string of the molecule is O=C(CCC(=O)Nc1ccccc1)NNC(=S)NC(=O)c1cccs1. The van der Waals surface area contributed by atoms with Gasteiger partial charge in [-0.3, -0.25) is 30.6 Å². The van der Waals surface area contributed by atoms with Crippen molar-refractivity contribution in [3.8, 4) is 0 Å². The Morgan fingerprint density at radius 2 is 1.64 bits per heavy atom. The molecule has 0 unspecified atom stereocenters. The lowest BCUT2D eigenvalue weighted by molar-refractivity contribution is -0.124. The Labute approximate surface area is 153 Å². The minimum absolute atomic E-state index is 0.0207. The molecule has 130 valence electrons. The van der Waals surface area contributed by atoms with E-state index < -0.39 is 5.91 Å². The lowest BCUT2D eigenvalue weighted by atomic mass is 10.2. The van der Waals surface area contributed by atoms with Crippen LogP contribution in [0.25, 0.3) is 0 Å². The van der Waals surface area contributed by atoms with E-state index in [4.69, 9.17) is 12.2 Å². The van der Waals surface area contributed by atoms with Crippen molar-refractivity contribution in [1.29, 1.82) is 0 Å². The third-order valence-corrected chi connectivity index (χ3v) is 4.00. The molecule has 0 aliphatic rings. The van der Waals surface area contributed by atoms with Crippen LogP contribution < -0.4 is 21.5 Å². The molecule has 2 rings (SSSR count). The van der Waals surface area contributed by atoms with E-state index in [9.17, 15) is 14.4 Å². The van der Waals surface area contributed by atoms with E-state index in [2.05, 4.69) is 21.5 Å². The maximum absolute atomic E-state index is 11.8. The second-order valence-corrected chi connectivity index (χ2v) is 6.20. The number of nitrogens with one attached hydrogen (secondary N) is 4. The van der Waals surface area contributed by atoms with E-state index in [-0.39, 0.29) is 29.8 Å². The largest absolute Gasteiger partial charge is 0.326 e. The van der Waals surface area contributed by atoms with Crippen LogP contribution in [0.2, 0.25) is 0 Å². The molecule has 0 saturated heterocycles. The summed E-state index contributed by atoms with van der Waals surface area (Å²) in [4.78, 5) is 35.7. The Morgan fingerprint density at radius 1 is 0.920 bits per heavy atom. The molecule has 0 saturated carbocycles. The number of thiocarbonyl (C=S) groups is 1. The second-order valence-electron chi connectivity index (χ2n) is 4.85. The third-order valence-electron chi connectivity index (χ3n) is 2.92. The fourth-order valence-corrected chi connectivity index (χ4v) is 2.53. The molecular formula is C16H16N4O3S2. The minimum Gasteiger partial charge on any atom is -0.326 e. The molecule has 3 amide bonds. The van der Waals surface area contributed by atoms with Crippen LogP contribution in [-0.4, -0.2) is 22.8 Å².